The lowest BCUT2D eigenvalue weighted by atomic mass is 10.1. The third-order valence-electron chi connectivity index (χ3n) is 4.03. The summed E-state index contributed by atoms with van der Waals surface area (Å²) in [5, 5.41) is 5.64. The molecule has 2 heterocycles. The number of hydrogen-bond acceptors (Lipinski definition) is 4. The van der Waals surface area contributed by atoms with Gasteiger partial charge in [0.1, 0.15) is 0 Å². The molecule has 2 amide bonds. The normalized spacial score (nSPS) is 10.5. The van der Waals surface area contributed by atoms with Crippen LogP contribution in [0.4, 0.5) is 11.4 Å². The van der Waals surface area contributed by atoms with Crippen LogP contribution in [0, 0.1) is 0 Å². The second kappa shape index (κ2) is 7.09. The van der Waals surface area contributed by atoms with Gasteiger partial charge < -0.3 is 15.6 Å². The number of H-pyrrole nitrogens is 1. The zero-order valence-corrected chi connectivity index (χ0v) is 14.1. The summed E-state index contributed by atoms with van der Waals surface area (Å²) in [6.45, 7) is 0. The Morgan fingerprint density at radius 3 is 2.30 bits per heavy atom. The summed E-state index contributed by atoms with van der Waals surface area (Å²) >= 11 is 0. The van der Waals surface area contributed by atoms with Crippen LogP contribution in [0.5, 0.6) is 0 Å². The monoisotopic (exact) mass is 357 g/mol. The average molecular weight is 357 g/mol. The van der Waals surface area contributed by atoms with Gasteiger partial charge in [0.15, 0.2) is 0 Å². The fourth-order valence-electron chi connectivity index (χ4n) is 2.66. The first kappa shape index (κ1) is 16.5. The van der Waals surface area contributed by atoms with Crippen molar-refractivity contribution in [1.29, 1.82) is 0 Å². The lowest BCUT2D eigenvalue weighted by Crippen LogP contribution is -2.16. The number of nitrogens with one attached hydrogen (secondary N) is 3. The van der Waals surface area contributed by atoms with Crippen LogP contribution in [-0.4, -0.2) is 26.8 Å². The molecule has 0 aliphatic rings. The molecular weight excluding hydrogens is 342 g/mol. The van der Waals surface area contributed by atoms with Crippen LogP contribution >= 0.6 is 0 Å². The number of hydrogen-bond donors (Lipinski definition) is 3. The standard InChI is InChI=1S/C20H15N5O2/c26-19(13-7-8-15-18(10-13)23-12-22-15)24-16-5-1-2-6-17(16)25-20(27)14-4-3-9-21-11-14/h1-12H,(H,22,23)(H,24,26)(H,25,27). The number of pyridine rings is 1. The Labute approximate surface area is 154 Å². The van der Waals surface area contributed by atoms with E-state index < -0.39 is 0 Å². The SMILES string of the molecule is O=C(Nc1ccccc1NC(=O)c1ccc2nc[nH]c2c1)c1cccnc1. The van der Waals surface area contributed by atoms with Crippen LogP contribution in [0.3, 0.4) is 0 Å². The minimum atomic E-state index is -0.302. The first-order chi connectivity index (χ1) is 13.2. The minimum absolute atomic E-state index is 0.283. The van der Waals surface area contributed by atoms with E-state index in [4.69, 9.17) is 0 Å². The van der Waals surface area contributed by atoms with E-state index in [1.165, 1.54) is 6.20 Å². The zero-order valence-electron chi connectivity index (χ0n) is 14.1. The van der Waals surface area contributed by atoms with E-state index in [0.717, 1.165) is 11.0 Å². The molecule has 0 bridgehead atoms. The third-order valence-corrected chi connectivity index (χ3v) is 4.03. The van der Waals surface area contributed by atoms with Crippen LogP contribution in [0.2, 0.25) is 0 Å². The summed E-state index contributed by atoms with van der Waals surface area (Å²) in [7, 11) is 0. The lowest BCUT2D eigenvalue weighted by molar-refractivity contribution is 0.101. The molecule has 0 atom stereocenters. The number of benzene rings is 2. The number of carbonyl (C=O) groups is 2. The number of carbonyl (C=O) groups excluding carboxylic acids is 2. The first-order valence-electron chi connectivity index (χ1n) is 8.25. The third kappa shape index (κ3) is 3.52. The summed E-state index contributed by atoms with van der Waals surface area (Å²) in [4.78, 5) is 36.0. The number of imidazole rings is 1. The molecule has 0 saturated heterocycles. The molecule has 4 aromatic rings. The highest BCUT2D eigenvalue weighted by Crippen LogP contribution is 2.23. The summed E-state index contributed by atoms with van der Waals surface area (Å²) in [6, 6.07) is 15.6. The van der Waals surface area contributed by atoms with Crippen molar-refractivity contribution in [2.24, 2.45) is 0 Å². The van der Waals surface area contributed by atoms with Gasteiger partial charge in [-0.05, 0) is 42.5 Å². The molecule has 0 aliphatic carbocycles. The Balaban J connectivity index is 1.55. The minimum Gasteiger partial charge on any atom is -0.345 e. The fraction of sp³-hybridized carbons (Fsp3) is 0. The average Bonchev–Trinajstić information content (AvgIpc) is 3.18. The molecule has 2 aromatic heterocycles. The zero-order chi connectivity index (χ0) is 18.6. The summed E-state index contributed by atoms with van der Waals surface area (Å²) in [5.74, 6) is -0.585. The smallest absolute Gasteiger partial charge is 0.257 e. The van der Waals surface area contributed by atoms with E-state index in [0.29, 0.717) is 22.5 Å². The Kier molecular flexibility index (Phi) is 4.32. The van der Waals surface area contributed by atoms with E-state index in [1.54, 1.807) is 67.1 Å². The molecular formula is C20H15N5O2. The van der Waals surface area contributed by atoms with Crippen molar-refractivity contribution < 1.29 is 9.59 Å². The number of fused-ring (bicyclic) bond motifs is 1. The molecule has 4 rings (SSSR count). The number of amides is 2. The molecule has 0 aliphatic heterocycles. The van der Waals surface area contributed by atoms with Gasteiger partial charge in [0.05, 0.1) is 34.3 Å². The van der Waals surface area contributed by atoms with E-state index in [2.05, 4.69) is 25.6 Å². The number of rotatable bonds is 4. The maximum atomic E-state index is 12.6. The van der Waals surface area contributed by atoms with Gasteiger partial charge in [-0.2, -0.15) is 0 Å². The van der Waals surface area contributed by atoms with E-state index in [9.17, 15) is 9.59 Å². The van der Waals surface area contributed by atoms with Crippen molar-refractivity contribution in [3.05, 3.63) is 84.4 Å². The molecule has 7 nitrogen and oxygen atoms in total. The second-order valence-electron chi connectivity index (χ2n) is 5.83. The van der Waals surface area contributed by atoms with Gasteiger partial charge in [-0.15, -0.1) is 0 Å². The van der Waals surface area contributed by atoms with Crippen LogP contribution in [0.25, 0.3) is 11.0 Å². The molecule has 2 aromatic carbocycles. The number of aromatic amines is 1. The maximum Gasteiger partial charge on any atom is 0.257 e. The Morgan fingerprint density at radius 2 is 1.59 bits per heavy atom. The predicted octanol–water partition coefficient (Wildman–Crippen LogP) is 3.46. The van der Waals surface area contributed by atoms with E-state index in [1.807, 2.05) is 0 Å². The van der Waals surface area contributed by atoms with Gasteiger partial charge in [0.25, 0.3) is 11.8 Å². The number of anilines is 2. The summed E-state index contributed by atoms with van der Waals surface area (Å²) in [6.07, 6.45) is 4.66. The highest BCUT2D eigenvalue weighted by Gasteiger charge is 2.13. The number of nitrogens with zero attached hydrogens (tertiary/aromatic N) is 2. The lowest BCUT2D eigenvalue weighted by Gasteiger charge is -2.12. The Morgan fingerprint density at radius 1 is 0.852 bits per heavy atom. The van der Waals surface area contributed by atoms with Crippen molar-refractivity contribution in [1.82, 2.24) is 15.0 Å². The summed E-state index contributed by atoms with van der Waals surface area (Å²) < 4.78 is 0. The Hall–Kier alpha value is -4.00. The highest BCUT2D eigenvalue weighted by molar-refractivity contribution is 6.10. The van der Waals surface area contributed by atoms with E-state index >= 15 is 0 Å². The van der Waals surface area contributed by atoms with Gasteiger partial charge in [-0.25, -0.2) is 4.98 Å². The number of para-hydroxylation sites is 2. The molecule has 7 heteroatoms. The van der Waals surface area contributed by atoms with Crippen LogP contribution in [0.15, 0.2) is 73.3 Å². The van der Waals surface area contributed by atoms with Gasteiger partial charge in [0, 0.05) is 18.0 Å². The van der Waals surface area contributed by atoms with Crippen LogP contribution in [-0.2, 0) is 0 Å². The van der Waals surface area contributed by atoms with Gasteiger partial charge in [-0.3, -0.25) is 14.6 Å². The number of aromatic nitrogens is 3. The largest absolute Gasteiger partial charge is 0.345 e. The quantitative estimate of drug-likeness (QED) is 0.521. The van der Waals surface area contributed by atoms with Crippen molar-refractivity contribution in [2.45, 2.75) is 0 Å². The summed E-state index contributed by atoms with van der Waals surface area (Å²) in [5.41, 5.74) is 3.49. The van der Waals surface area contributed by atoms with Gasteiger partial charge in [0.2, 0.25) is 0 Å². The maximum absolute atomic E-state index is 12.6. The fourth-order valence-corrected chi connectivity index (χ4v) is 2.66. The van der Waals surface area contributed by atoms with Gasteiger partial charge in [-0.1, -0.05) is 12.1 Å². The molecule has 27 heavy (non-hydrogen) atoms. The molecule has 0 fully saturated rings. The highest BCUT2D eigenvalue weighted by atomic mass is 16.2. The van der Waals surface area contributed by atoms with Crippen molar-refractivity contribution in [2.75, 3.05) is 10.6 Å². The molecule has 0 unspecified atom stereocenters. The van der Waals surface area contributed by atoms with E-state index in [-0.39, 0.29) is 11.8 Å². The topological polar surface area (TPSA) is 99.8 Å². The van der Waals surface area contributed by atoms with Crippen molar-refractivity contribution in [3.63, 3.8) is 0 Å². The molecule has 0 saturated carbocycles. The van der Waals surface area contributed by atoms with Crippen LogP contribution < -0.4 is 10.6 Å². The Bertz CT molecular complexity index is 1120. The van der Waals surface area contributed by atoms with Crippen molar-refractivity contribution >= 4 is 34.2 Å². The first-order valence-corrected chi connectivity index (χ1v) is 8.25. The van der Waals surface area contributed by atoms with Crippen molar-refractivity contribution in [3.8, 4) is 0 Å². The predicted molar refractivity (Wildman–Crippen MR) is 103 cm³/mol. The molecule has 132 valence electrons. The molecule has 3 N–H and O–H groups in total. The van der Waals surface area contributed by atoms with Crippen LogP contribution in [0.1, 0.15) is 20.7 Å². The molecule has 0 spiro atoms. The molecule has 0 radical (unpaired) electrons. The van der Waals surface area contributed by atoms with Gasteiger partial charge >= 0.3 is 0 Å². The second-order valence-corrected chi connectivity index (χ2v) is 5.83.